The summed E-state index contributed by atoms with van der Waals surface area (Å²) in [6.07, 6.45) is 1.53. The summed E-state index contributed by atoms with van der Waals surface area (Å²) in [4.78, 5) is 0. The number of thioether (sulfide) groups is 1. The number of rotatable bonds is 3. The summed E-state index contributed by atoms with van der Waals surface area (Å²) in [6.45, 7) is 2.09. The molecule has 0 aliphatic rings. The van der Waals surface area contributed by atoms with Crippen LogP contribution in [0.5, 0.6) is 0 Å². The molecule has 1 aromatic heterocycles. The quantitative estimate of drug-likeness (QED) is 0.724. The molecule has 1 aromatic rings. The molecule has 0 aromatic carbocycles. The van der Waals surface area contributed by atoms with Gasteiger partial charge < -0.3 is 10.3 Å². The van der Waals surface area contributed by atoms with Gasteiger partial charge in [0.2, 0.25) is 0 Å². The van der Waals surface area contributed by atoms with Crippen molar-refractivity contribution < 1.29 is 4.52 Å². The van der Waals surface area contributed by atoms with Crippen LogP contribution in [0.15, 0.2) is 10.7 Å². The van der Waals surface area contributed by atoms with Gasteiger partial charge in [0.1, 0.15) is 0 Å². The van der Waals surface area contributed by atoms with Crippen LogP contribution in [0.2, 0.25) is 0 Å². The fourth-order valence-corrected chi connectivity index (χ4v) is 1.18. The van der Waals surface area contributed by atoms with Gasteiger partial charge in [-0.1, -0.05) is 12.1 Å². The Balaban J connectivity index is 2.49. The second kappa shape index (κ2) is 3.51. The van der Waals surface area contributed by atoms with Gasteiger partial charge in [0.15, 0.2) is 5.76 Å². The van der Waals surface area contributed by atoms with Crippen molar-refractivity contribution >= 4 is 17.4 Å². The highest BCUT2D eigenvalue weighted by atomic mass is 32.2. The lowest BCUT2D eigenvalue weighted by molar-refractivity contribution is 0.395. The largest absolute Gasteiger partial charge is 0.395 e. The molecule has 2 N–H and O–H groups in total. The fourth-order valence-electron chi connectivity index (χ4n) is 0.576. The Morgan fingerprint density at radius 1 is 1.80 bits per heavy atom. The predicted octanol–water partition coefficient (Wildman–Crippen LogP) is 1.51. The molecule has 0 aliphatic carbocycles. The summed E-state index contributed by atoms with van der Waals surface area (Å²) < 4.78 is 4.87. The van der Waals surface area contributed by atoms with Gasteiger partial charge >= 0.3 is 0 Å². The van der Waals surface area contributed by atoms with Crippen LogP contribution in [-0.4, -0.2) is 10.9 Å². The molecule has 0 saturated heterocycles. The van der Waals surface area contributed by atoms with Gasteiger partial charge in [0.05, 0.1) is 17.6 Å². The SMILES string of the molecule is CCSCc1oncc1N. The average Bonchev–Trinajstić information content (AvgIpc) is 2.31. The molecule has 56 valence electrons. The highest BCUT2D eigenvalue weighted by Gasteiger charge is 2.01. The number of hydrogen-bond donors (Lipinski definition) is 1. The molecule has 0 atom stereocenters. The van der Waals surface area contributed by atoms with Crippen molar-refractivity contribution in [2.45, 2.75) is 12.7 Å². The van der Waals surface area contributed by atoms with Gasteiger partial charge in [0.25, 0.3) is 0 Å². The van der Waals surface area contributed by atoms with E-state index in [1.165, 1.54) is 6.20 Å². The topological polar surface area (TPSA) is 52.0 Å². The van der Waals surface area contributed by atoms with E-state index in [9.17, 15) is 0 Å². The molecular weight excluding hydrogens is 148 g/mol. The van der Waals surface area contributed by atoms with Gasteiger partial charge in [-0.2, -0.15) is 11.8 Å². The van der Waals surface area contributed by atoms with Crippen LogP contribution in [0.4, 0.5) is 5.69 Å². The summed E-state index contributed by atoms with van der Waals surface area (Å²) >= 11 is 1.77. The van der Waals surface area contributed by atoms with Crippen molar-refractivity contribution in [3.05, 3.63) is 12.0 Å². The lowest BCUT2D eigenvalue weighted by Gasteiger charge is -1.92. The third-order valence-electron chi connectivity index (χ3n) is 1.11. The Morgan fingerprint density at radius 3 is 3.10 bits per heavy atom. The Hall–Kier alpha value is -0.640. The third-order valence-corrected chi connectivity index (χ3v) is 1.99. The van der Waals surface area contributed by atoms with Crippen molar-refractivity contribution in [2.24, 2.45) is 0 Å². The number of hydrogen-bond acceptors (Lipinski definition) is 4. The van der Waals surface area contributed by atoms with Gasteiger partial charge in [-0.3, -0.25) is 0 Å². The first-order valence-corrected chi connectivity index (χ1v) is 4.26. The molecule has 4 heteroatoms. The van der Waals surface area contributed by atoms with Crippen LogP contribution in [0.1, 0.15) is 12.7 Å². The third kappa shape index (κ3) is 1.67. The Bertz CT molecular complexity index is 199. The molecule has 0 amide bonds. The summed E-state index contributed by atoms with van der Waals surface area (Å²) in [5, 5.41) is 3.56. The zero-order valence-electron chi connectivity index (χ0n) is 5.83. The van der Waals surface area contributed by atoms with Crippen molar-refractivity contribution in [3.63, 3.8) is 0 Å². The molecule has 10 heavy (non-hydrogen) atoms. The molecule has 0 saturated carbocycles. The van der Waals surface area contributed by atoms with Gasteiger partial charge in [-0.05, 0) is 5.75 Å². The van der Waals surface area contributed by atoms with Crippen LogP contribution < -0.4 is 5.73 Å². The van der Waals surface area contributed by atoms with E-state index in [0.29, 0.717) is 5.69 Å². The van der Waals surface area contributed by atoms with E-state index in [0.717, 1.165) is 17.3 Å². The number of aromatic nitrogens is 1. The minimum absolute atomic E-state index is 0.654. The van der Waals surface area contributed by atoms with Crippen molar-refractivity contribution in [2.75, 3.05) is 11.5 Å². The molecule has 0 radical (unpaired) electrons. The zero-order valence-corrected chi connectivity index (χ0v) is 6.65. The molecule has 1 rings (SSSR count). The standard InChI is InChI=1S/C6H10N2OS/c1-2-10-4-6-5(7)3-8-9-6/h3H,2,4,7H2,1H3. The maximum absolute atomic E-state index is 5.51. The number of nitrogen functional groups attached to an aromatic ring is 1. The minimum Gasteiger partial charge on any atom is -0.395 e. The van der Waals surface area contributed by atoms with E-state index in [-0.39, 0.29) is 0 Å². The van der Waals surface area contributed by atoms with E-state index < -0.39 is 0 Å². The van der Waals surface area contributed by atoms with E-state index in [2.05, 4.69) is 12.1 Å². The molecule has 3 nitrogen and oxygen atoms in total. The molecule has 0 spiro atoms. The van der Waals surface area contributed by atoms with Crippen molar-refractivity contribution in [1.82, 2.24) is 5.16 Å². The molecule has 0 bridgehead atoms. The monoisotopic (exact) mass is 158 g/mol. The Labute approximate surface area is 64.0 Å². The molecule has 0 unspecified atom stereocenters. The van der Waals surface area contributed by atoms with Crippen LogP contribution in [0.25, 0.3) is 0 Å². The summed E-state index contributed by atoms with van der Waals surface area (Å²) in [7, 11) is 0. The van der Waals surface area contributed by atoms with Crippen LogP contribution in [0, 0.1) is 0 Å². The lowest BCUT2D eigenvalue weighted by Crippen LogP contribution is -1.86. The van der Waals surface area contributed by atoms with Crippen molar-refractivity contribution in [1.29, 1.82) is 0 Å². The molecule has 0 aliphatic heterocycles. The predicted molar refractivity (Wildman–Crippen MR) is 42.8 cm³/mol. The zero-order chi connectivity index (χ0) is 7.40. The van der Waals surface area contributed by atoms with Crippen molar-refractivity contribution in [3.8, 4) is 0 Å². The summed E-state index contributed by atoms with van der Waals surface area (Å²) in [5.41, 5.74) is 6.17. The lowest BCUT2D eigenvalue weighted by atomic mass is 10.4. The van der Waals surface area contributed by atoms with Gasteiger partial charge in [-0.25, -0.2) is 0 Å². The Kier molecular flexibility index (Phi) is 2.62. The number of nitrogens with zero attached hydrogens (tertiary/aromatic N) is 1. The second-order valence-corrected chi connectivity index (χ2v) is 3.12. The maximum atomic E-state index is 5.51. The van der Waals surface area contributed by atoms with E-state index in [4.69, 9.17) is 10.3 Å². The van der Waals surface area contributed by atoms with Gasteiger partial charge in [0, 0.05) is 0 Å². The summed E-state index contributed by atoms with van der Waals surface area (Å²) in [5.74, 6) is 2.68. The average molecular weight is 158 g/mol. The first kappa shape index (κ1) is 7.47. The highest BCUT2D eigenvalue weighted by Crippen LogP contribution is 2.16. The molecular formula is C6H10N2OS. The van der Waals surface area contributed by atoms with Crippen LogP contribution in [0.3, 0.4) is 0 Å². The van der Waals surface area contributed by atoms with E-state index >= 15 is 0 Å². The highest BCUT2D eigenvalue weighted by molar-refractivity contribution is 7.98. The second-order valence-electron chi connectivity index (χ2n) is 1.84. The van der Waals surface area contributed by atoms with E-state index in [1.807, 2.05) is 0 Å². The van der Waals surface area contributed by atoms with Crippen LogP contribution >= 0.6 is 11.8 Å². The van der Waals surface area contributed by atoms with Crippen LogP contribution in [-0.2, 0) is 5.75 Å². The maximum Gasteiger partial charge on any atom is 0.169 e. The molecule has 1 heterocycles. The first-order chi connectivity index (χ1) is 4.84. The smallest absolute Gasteiger partial charge is 0.169 e. The fraction of sp³-hybridized carbons (Fsp3) is 0.500. The summed E-state index contributed by atoms with van der Waals surface area (Å²) in [6, 6.07) is 0. The Morgan fingerprint density at radius 2 is 2.60 bits per heavy atom. The minimum atomic E-state index is 0.654. The van der Waals surface area contributed by atoms with E-state index in [1.54, 1.807) is 11.8 Å². The number of nitrogens with two attached hydrogens (primary N) is 1. The normalized spacial score (nSPS) is 10.1. The number of anilines is 1. The first-order valence-electron chi connectivity index (χ1n) is 3.11. The molecule has 0 fully saturated rings. The van der Waals surface area contributed by atoms with Gasteiger partial charge in [-0.15, -0.1) is 0 Å².